The van der Waals surface area contributed by atoms with Gasteiger partial charge in [0.25, 0.3) is 0 Å². The molecule has 4 rings (SSSR count). The quantitative estimate of drug-likeness (QED) is 0.685. The van der Waals surface area contributed by atoms with Crippen LogP contribution in [0.5, 0.6) is 5.88 Å². The van der Waals surface area contributed by atoms with Crippen LogP contribution in [-0.4, -0.2) is 15.9 Å². The molecule has 0 aliphatic carbocycles. The maximum atomic E-state index is 10.5. The Labute approximate surface area is 153 Å². The molecule has 0 saturated carbocycles. The van der Waals surface area contributed by atoms with Crippen LogP contribution in [0.3, 0.4) is 0 Å². The number of fused-ring (bicyclic) bond motifs is 1. The smallest absolute Gasteiger partial charge is 0.210 e. The summed E-state index contributed by atoms with van der Waals surface area (Å²) in [5.74, 6) is 0.168. The highest BCUT2D eigenvalue weighted by atomic mass is 35.5. The number of benzene rings is 2. The van der Waals surface area contributed by atoms with Gasteiger partial charge in [-0.15, -0.1) is 0 Å². The molecule has 0 atom stereocenters. The first-order valence-corrected chi connectivity index (χ1v) is 8.86. The monoisotopic (exact) mass is 367 g/mol. The molecule has 2 aromatic carbocycles. The number of thiazole rings is 1. The lowest BCUT2D eigenvalue weighted by atomic mass is 10.1. The van der Waals surface area contributed by atoms with E-state index in [4.69, 9.17) is 11.6 Å². The van der Waals surface area contributed by atoms with Gasteiger partial charge < -0.3 is 5.11 Å². The molecule has 0 bridgehead atoms. The van der Waals surface area contributed by atoms with Crippen LogP contribution in [0.4, 0.5) is 11.4 Å². The Balaban J connectivity index is 1.80. The van der Waals surface area contributed by atoms with Gasteiger partial charge in [0.1, 0.15) is 0 Å². The summed E-state index contributed by atoms with van der Waals surface area (Å²) in [4.78, 5) is 10.4. The van der Waals surface area contributed by atoms with Gasteiger partial charge in [-0.3, -0.25) is 9.56 Å². The van der Waals surface area contributed by atoms with E-state index in [1.54, 1.807) is 17.7 Å². The van der Waals surface area contributed by atoms with Crippen molar-refractivity contribution in [3.05, 3.63) is 68.8 Å². The number of rotatable bonds is 2. The number of hydrogen-bond acceptors (Lipinski definition) is 4. The van der Waals surface area contributed by atoms with Gasteiger partial charge in [-0.2, -0.15) is 0 Å². The average Bonchev–Trinajstić information content (AvgIpc) is 3.14. The van der Waals surface area contributed by atoms with Crippen LogP contribution in [0, 0.1) is 0 Å². The van der Waals surface area contributed by atoms with Gasteiger partial charge in [-0.25, -0.2) is 4.99 Å². The van der Waals surface area contributed by atoms with Crippen LogP contribution in [0.1, 0.15) is 10.4 Å². The second-order valence-corrected chi connectivity index (χ2v) is 6.99. The summed E-state index contributed by atoms with van der Waals surface area (Å²) in [5, 5.41) is 11.0. The zero-order chi connectivity index (χ0) is 17.4. The molecule has 1 aliphatic rings. The van der Waals surface area contributed by atoms with Crippen LogP contribution in [-0.2, 0) is 7.05 Å². The lowest BCUT2D eigenvalue weighted by Crippen LogP contribution is -2.08. The van der Waals surface area contributed by atoms with E-state index in [0.717, 1.165) is 21.7 Å². The molecular formula is C19H14ClN3OS. The van der Waals surface area contributed by atoms with E-state index in [0.29, 0.717) is 15.5 Å². The number of nitrogens with zero attached hydrogens (tertiary/aromatic N) is 3. The van der Waals surface area contributed by atoms with Crippen LogP contribution < -0.4 is 4.80 Å². The van der Waals surface area contributed by atoms with Crippen molar-refractivity contribution in [1.29, 1.82) is 0 Å². The molecule has 25 heavy (non-hydrogen) atoms. The van der Waals surface area contributed by atoms with Gasteiger partial charge in [-0.05, 0) is 24.3 Å². The summed E-state index contributed by atoms with van der Waals surface area (Å²) in [6.45, 7) is 0. The largest absolute Gasteiger partial charge is 0.493 e. The maximum Gasteiger partial charge on any atom is 0.210 e. The normalized spacial score (nSPS) is 15.1. The number of aromatic hydroxyl groups is 1. The molecule has 1 N–H and O–H groups in total. The molecule has 0 amide bonds. The summed E-state index contributed by atoms with van der Waals surface area (Å²) in [5.41, 5.74) is 3.64. The predicted molar refractivity (Wildman–Crippen MR) is 104 cm³/mol. The van der Waals surface area contributed by atoms with Crippen molar-refractivity contribution in [2.24, 2.45) is 17.0 Å². The number of halogens is 1. The third-order valence-electron chi connectivity index (χ3n) is 3.94. The fourth-order valence-corrected chi connectivity index (χ4v) is 3.76. The van der Waals surface area contributed by atoms with Gasteiger partial charge in [0.15, 0.2) is 4.80 Å². The fourth-order valence-electron chi connectivity index (χ4n) is 2.60. The fraction of sp³-hybridized carbons (Fsp3) is 0.0526. The Bertz CT molecular complexity index is 1090. The second-order valence-electron chi connectivity index (χ2n) is 5.57. The zero-order valence-corrected chi connectivity index (χ0v) is 14.9. The number of allylic oxidation sites excluding steroid dienone is 1. The van der Waals surface area contributed by atoms with Crippen molar-refractivity contribution in [2.45, 2.75) is 0 Å². The zero-order valence-electron chi connectivity index (χ0n) is 13.3. The molecule has 0 saturated heterocycles. The van der Waals surface area contributed by atoms with E-state index in [9.17, 15) is 5.11 Å². The third-order valence-corrected chi connectivity index (χ3v) is 5.33. The van der Waals surface area contributed by atoms with E-state index >= 15 is 0 Å². The highest BCUT2D eigenvalue weighted by molar-refractivity contribution is 7.10. The maximum absolute atomic E-state index is 10.5. The van der Waals surface area contributed by atoms with Crippen molar-refractivity contribution in [3.63, 3.8) is 0 Å². The molecule has 6 heteroatoms. The van der Waals surface area contributed by atoms with Crippen LogP contribution >= 0.6 is 22.9 Å². The van der Waals surface area contributed by atoms with Crippen molar-refractivity contribution < 1.29 is 5.11 Å². The molecule has 0 fully saturated rings. The third kappa shape index (κ3) is 2.92. The Morgan fingerprint density at radius 1 is 1.16 bits per heavy atom. The van der Waals surface area contributed by atoms with Crippen molar-refractivity contribution in [2.75, 3.05) is 0 Å². The molecule has 1 aliphatic heterocycles. The summed E-state index contributed by atoms with van der Waals surface area (Å²) < 4.78 is 1.65. The first kappa shape index (κ1) is 15.9. The Morgan fingerprint density at radius 3 is 2.76 bits per heavy atom. The minimum atomic E-state index is 0.168. The molecule has 3 aromatic rings. The van der Waals surface area contributed by atoms with Gasteiger partial charge in [0.05, 0.1) is 21.3 Å². The molecular weight excluding hydrogens is 354 g/mol. The van der Waals surface area contributed by atoms with Crippen molar-refractivity contribution in [3.8, 4) is 5.88 Å². The highest BCUT2D eigenvalue weighted by Crippen LogP contribution is 2.34. The number of para-hydroxylation sites is 2. The number of aliphatic imine (C=N–C) groups is 1. The Hall–Kier alpha value is -2.63. The summed E-state index contributed by atoms with van der Waals surface area (Å²) in [6.07, 6.45) is 3.75. The Morgan fingerprint density at radius 2 is 1.92 bits per heavy atom. The van der Waals surface area contributed by atoms with Crippen LogP contribution in [0.15, 0.2) is 58.5 Å². The summed E-state index contributed by atoms with van der Waals surface area (Å²) >= 11 is 7.58. The SMILES string of the molecule is Cn1c(O)c(/C=C2\C=Nc3ccccc32)sc1=Nc1ccccc1Cl. The van der Waals surface area contributed by atoms with E-state index < -0.39 is 0 Å². The van der Waals surface area contributed by atoms with Gasteiger partial charge in [-0.1, -0.05) is 53.3 Å². The lowest BCUT2D eigenvalue weighted by Gasteiger charge is -1.99. The molecule has 0 radical (unpaired) electrons. The second kappa shape index (κ2) is 6.35. The molecule has 2 heterocycles. The standard InChI is InChI=1S/C19H14ClN3OS/c1-23-18(24)17(10-12-11-21-15-8-4-2-6-13(12)15)25-19(23)22-16-9-5-3-7-14(16)20/h2-11,24H,1H3/b12-10+,22-19?. The van der Waals surface area contributed by atoms with Gasteiger partial charge in [0, 0.05) is 24.4 Å². The highest BCUT2D eigenvalue weighted by Gasteiger charge is 2.14. The first-order chi connectivity index (χ1) is 12.1. The van der Waals surface area contributed by atoms with Crippen molar-refractivity contribution in [1.82, 2.24) is 4.57 Å². The van der Waals surface area contributed by atoms with E-state index in [2.05, 4.69) is 9.98 Å². The first-order valence-electron chi connectivity index (χ1n) is 7.67. The molecule has 0 spiro atoms. The Kier molecular flexibility index (Phi) is 4.03. The molecule has 124 valence electrons. The van der Waals surface area contributed by atoms with E-state index in [1.807, 2.05) is 54.8 Å². The molecule has 1 aromatic heterocycles. The predicted octanol–water partition coefficient (Wildman–Crippen LogP) is 4.93. The number of hydrogen-bond donors (Lipinski definition) is 1. The average molecular weight is 368 g/mol. The summed E-state index contributed by atoms with van der Waals surface area (Å²) in [7, 11) is 1.78. The van der Waals surface area contributed by atoms with Crippen LogP contribution in [0.25, 0.3) is 11.6 Å². The molecule has 0 unspecified atom stereocenters. The minimum absolute atomic E-state index is 0.168. The number of aromatic nitrogens is 1. The molecule has 4 nitrogen and oxygen atoms in total. The van der Waals surface area contributed by atoms with Crippen molar-refractivity contribution >= 4 is 52.2 Å². The van der Waals surface area contributed by atoms with Gasteiger partial charge in [0.2, 0.25) is 5.88 Å². The van der Waals surface area contributed by atoms with E-state index in [1.165, 1.54) is 11.3 Å². The topological polar surface area (TPSA) is 49.9 Å². The minimum Gasteiger partial charge on any atom is -0.493 e. The van der Waals surface area contributed by atoms with Gasteiger partial charge >= 0.3 is 0 Å². The van der Waals surface area contributed by atoms with E-state index in [-0.39, 0.29) is 5.88 Å². The lowest BCUT2D eigenvalue weighted by molar-refractivity contribution is 0.427. The summed E-state index contributed by atoms with van der Waals surface area (Å²) in [6, 6.07) is 15.3. The van der Waals surface area contributed by atoms with Crippen LogP contribution in [0.2, 0.25) is 5.02 Å².